The molecule has 0 radical (unpaired) electrons. The van der Waals surface area contributed by atoms with Crippen LogP contribution in [-0.4, -0.2) is 33.5 Å². The van der Waals surface area contributed by atoms with Gasteiger partial charge >= 0.3 is 0 Å². The SMILES string of the molecule is CN(C)Cc1ccc(Nc2nc3ccc(Cl)cc3c(=O)n2-c2ccccn2)cc1. The monoisotopic (exact) mass is 405 g/mol. The molecule has 4 rings (SSSR count). The number of nitrogens with zero attached hydrogens (tertiary/aromatic N) is 4. The lowest BCUT2D eigenvalue weighted by Gasteiger charge is -2.15. The number of nitrogens with one attached hydrogen (secondary N) is 1. The van der Waals surface area contributed by atoms with Gasteiger partial charge in [-0.15, -0.1) is 0 Å². The Morgan fingerprint density at radius 3 is 2.55 bits per heavy atom. The third-order valence-electron chi connectivity index (χ3n) is 4.42. The summed E-state index contributed by atoms with van der Waals surface area (Å²) in [5.41, 5.74) is 2.36. The van der Waals surface area contributed by atoms with E-state index in [4.69, 9.17) is 11.6 Å². The van der Waals surface area contributed by atoms with Crippen molar-refractivity contribution < 1.29 is 0 Å². The van der Waals surface area contributed by atoms with Crippen molar-refractivity contribution in [2.75, 3.05) is 19.4 Å². The van der Waals surface area contributed by atoms with Crippen molar-refractivity contribution >= 4 is 34.1 Å². The Hall–Kier alpha value is -3.22. The number of anilines is 2. The first-order valence-corrected chi connectivity index (χ1v) is 9.53. The molecule has 0 aliphatic rings. The maximum atomic E-state index is 13.2. The largest absolute Gasteiger partial charge is 0.325 e. The normalized spacial score (nSPS) is 11.2. The summed E-state index contributed by atoms with van der Waals surface area (Å²) in [6.07, 6.45) is 1.64. The fraction of sp³-hybridized carbons (Fsp3) is 0.136. The molecule has 29 heavy (non-hydrogen) atoms. The van der Waals surface area contributed by atoms with Crippen molar-refractivity contribution in [1.29, 1.82) is 0 Å². The molecule has 6 nitrogen and oxygen atoms in total. The Kier molecular flexibility index (Phi) is 5.29. The number of hydrogen-bond acceptors (Lipinski definition) is 5. The average Bonchev–Trinajstić information content (AvgIpc) is 2.71. The van der Waals surface area contributed by atoms with Gasteiger partial charge in [0.25, 0.3) is 5.56 Å². The lowest BCUT2D eigenvalue weighted by molar-refractivity contribution is 0.402. The van der Waals surface area contributed by atoms with Gasteiger partial charge in [0.2, 0.25) is 5.95 Å². The van der Waals surface area contributed by atoms with Gasteiger partial charge in [-0.05, 0) is 62.1 Å². The van der Waals surface area contributed by atoms with Crippen molar-refractivity contribution in [3.05, 3.63) is 87.8 Å². The lowest BCUT2D eigenvalue weighted by Crippen LogP contribution is -2.23. The molecular formula is C22H20ClN5O. The zero-order valence-electron chi connectivity index (χ0n) is 16.1. The van der Waals surface area contributed by atoms with E-state index in [9.17, 15) is 4.79 Å². The van der Waals surface area contributed by atoms with Crippen LogP contribution in [-0.2, 0) is 6.54 Å². The van der Waals surface area contributed by atoms with Gasteiger partial charge < -0.3 is 10.2 Å². The molecule has 1 N–H and O–H groups in total. The number of fused-ring (bicyclic) bond motifs is 1. The summed E-state index contributed by atoms with van der Waals surface area (Å²) in [4.78, 5) is 24.4. The van der Waals surface area contributed by atoms with Crippen LogP contribution in [0.15, 0.2) is 71.7 Å². The predicted molar refractivity (Wildman–Crippen MR) is 117 cm³/mol. The highest BCUT2D eigenvalue weighted by molar-refractivity contribution is 6.31. The molecule has 2 aromatic heterocycles. The molecule has 0 atom stereocenters. The third-order valence-corrected chi connectivity index (χ3v) is 4.65. The second kappa shape index (κ2) is 8.03. The van der Waals surface area contributed by atoms with Crippen molar-refractivity contribution in [1.82, 2.24) is 19.4 Å². The molecule has 0 aliphatic carbocycles. The Morgan fingerprint density at radius 1 is 1.07 bits per heavy atom. The molecule has 0 saturated carbocycles. The van der Waals surface area contributed by atoms with Crippen molar-refractivity contribution in [3.63, 3.8) is 0 Å². The van der Waals surface area contributed by atoms with Crippen LogP contribution in [0, 0.1) is 0 Å². The van der Waals surface area contributed by atoms with Crippen LogP contribution >= 0.6 is 11.6 Å². The van der Waals surface area contributed by atoms with E-state index < -0.39 is 0 Å². The molecule has 2 aromatic carbocycles. The minimum absolute atomic E-state index is 0.233. The summed E-state index contributed by atoms with van der Waals surface area (Å²) >= 11 is 6.10. The minimum Gasteiger partial charge on any atom is -0.325 e. The lowest BCUT2D eigenvalue weighted by atomic mass is 10.2. The smallest absolute Gasteiger partial charge is 0.268 e. The molecule has 0 aliphatic heterocycles. The zero-order chi connectivity index (χ0) is 20.4. The molecule has 0 bridgehead atoms. The van der Waals surface area contributed by atoms with E-state index in [0.29, 0.717) is 27.7 Å². The summed E-state index contributed by atoms with van der Waals surface area (Å²) in [5.74, 6) is 0.877. The van der Waals surface area contributed by atoms with Crippen LogP contribution in [0.4, 0.5) is 11.6 Å². The van der Waals surface area contributed by atoms with Crippen LogP contribution < -0.4 is 10.9 Å². The van der Waals surface area contributed by atoms with Crippen LogP contribution in [0.1, 0.15) is 5.56 Å². The number of rotatable bonds is 5. The fourth-order valence-corrected chi connectivity index (χ4v) is 3.30. The molecule has 0 unspecified atom stereocenters. The van der Waals surface area contributed by atoms with E-state index in [2.05, 4.69) is 20.2 Å². The summed E-state index contributed by atoms with van der Waals surface area (Å²) in [6.45, 7) is 0.855. The molecule has 4 aromatic rings. The van der Waals surface area contributed by atoms with E-state index in [0.717, 1.165) is 12.2 Å². The first kappa shape index (κ1) is 19.1. The Labute approximate surface area is 173 Å². The average molecular weight is 406 g/mol. The maximum Gasteiger partial charge on any atom is 0.268 e. The van der Waals surface area contributed by atoms with E-state index in [1.165, 1.54) is 10.1 Å². The molecule has 0 amide bonds. The number of benzene rings is 2. The highest BCUT2D eigenvalue weighted by atomic mass is 35.5. The number of hydrogen-bond donors (Lipinski definition) is 1. The summed E-state index contributed by atoms with van der Waals surface area (Å²) < 4.78 is 1.46. The van der Waals surface area contributed by atoms with Crippen molar-refractivity contribution in [3.8, 4) is 5.82 Å². The molecule has 0 spiro atoms. The van der Waals surface area contributed by atoms with Gasteiger partial charge in [0, 0.05) is 23.5 Å². The molecule has 2 heterocycles. The van der Waals surface area contributed by atoms with Crippen LogP contribution in [0.2, 0.25) is 5.02 Å². The summed E-state index contributed by atoms with van der Waals surface area (Å²) in [6, 6.07) is 18.5. The number of halogens is 1. The Bertz CT molecular complexity index is 1200. The number of pyridine rings is 1. The van der Waals surface area contributed by atoms with Crippen molar-refractivity contribution in [2.45, 2.75) is 6.54 Å². The fourth-order valence-electron chi connectivity index (χ4n) is 3.13. The number of aromatic nitrogens is 3. The van der Waals surface area contributed by atoms with Crippen LogP contribution in [0.25, 0.3) is 16.7 Å². The summed E-state index contributed by atoms with van der Waals surface area (Å²) in [7, 11) is 4.06. The summed E-state index contributed by atoms with van der Waals surface area (Å²) in [5, 5.41) is 4.19. The molecule has 146 valence electrons. The van der Waals surface area contributed by atoms with Gasteiger partial charge in [-0.1, -0.05) is 29.8 Å². The zero-order valence-corrected chi connectivity index (χ0v) is 16.9. The van der Waals surface area contributed by atoms with E-state index in [-0.39, 0.29) is 5.56 Å². The Balaban J connectivity index is 1.82. The standard InChI is InChI=1S/C22H20ClN5O/c1-27(2)14-15-6-9-17(10-7-15)25-22-26-19-11-8-16(23)13-18(19)21(29)28(22)20-5-3-4-12-24-20/h3-13H,14H2,1-2H3,(H,25,26). The molecule has 0 fully saturated rings. The van der Waals surface area contributed by atoms with E-state index >= 15 is 0 Å². The second-order valence-corrected chi connectivity index (χ2v) is 7.42. The molecular weight excluding hydrogens is 386 g/mol. The highest BCUT2D eigenvalue weighted by Crippen LogP contribution is 2.22. The highest BCUT2D eigenvalue weighted by Gasteiger charge is 2.14. The first-order valence-electron chi connectivity index (χ1n) is 9.16. The Morgan fingerprint density at radius 2 is 1.86 bits per heavy atom. The second-order valence-electron chi connectivity index (χ2n) is 6.99. The van der Waals surface area contributed by atoms with Gasteiger partial charge in [0.05, 0.1) is 10.9 Å². The third kappa shape index (κ3) is 4.13. The molecule has 7 heteroatoms. The first-order chi connectivity index (χ1) is 14.0. The van der Waals surface area contributed by atoms with Gasteiger partial charge in [-0.3, -0.25) is 4.79 Å². The molecule has 0 saturated heterocycles. The topological polar surface area (TPSA) is 63.1 Å². The van der Waals surface area contributed by atoms with Crippen molar-refractivity contribution in [2.24, 2.45) is 0 Å². The van der Waals surface area contributed by atoms with Gasteiger partial charge in [0.1, 0.15) is 5.82 Å². The predicted octanol–water partition coefficient (Wildman–Crippen LogP) is 4.24. The van der Waals surface area contributed by atoms with E-state index in [1.807, 2.05) is 44.4 Å². The maximum absolute atomic E-state index is 13.2. The minimum atomic E-state index is -0.233. The van der Waals surface area contributed by atoms with Gasteiger partial charge in [0.15, 0.2) is 0 Å². The quantitative estimate of drug-likeness (QED) is 0.538. The van der Waals surface area contributed by atoms with Crippen LogP contribution in [0.3, 0.4) is 0 Å². The van der Waals surface area contributed by atoms with Gasteiger partial charge in [-0.25, -0.2) is 14.5 Å². The van der Waals surface area contributed by atoms with Crippen LogP contribution in [0.5, 0.6) is 0 Å². The van der Waals surface area contributed by atoms with Gasteiger partial charge in [-0.2, -0.15) is 0 Å². The van der Waals surface area contributed by atoms with E-state index in [1.54, 1.807) is 36.5 Å².